The Balaban J connectivity index is 2.23. The van der Waals surface area contributed by atoms with Gasteiger partial charge in [-0.2, -0.15) is 0 Å². The molecular weight excluding hydrogens is 304 g/mol. The second-order valence-corrected chi connectivity index (χ2v) is 6.62. The van der Waals surface area contributed by atoms with Crippen LogP contribution in [-0.4, -0.2) is 88.5 Å². The molecular formula is C18H38N4O2. The van der Waals surface area contributed by atoms with Gasteiger partial charge in [-0.25, -0.2) is 0 Å². The van der Waals surface area contributed by atoms with Crippen molar-refractivity contribution in [3.63, 3.8) is 0 Å². The van der Waals surface area contributed by atoms with Crippen LogP contribution in [0.3, 0.4) is 0 Å². The number of ether oxygens (including phenoxy) is 2. The van der Waals surface area contributed by atoms with Crippen LogP contribution in [-0.2, 0) is 9.47 Å². The maximum Gasteiger partial charge on any atom is 0.193 e. The Hall–Kier alpha value is -0.850. The first-order chi connectivity index (χ1) is 11.6. The van der Waals surface area contributed by atoms with Crippen molar-refractivity contribution < 1.29 is 9.47 Å². The van der Waals surface area contributed by atoms with Gasteiger partial charge in [0.05, 0.1) is 6.10 Å². The maximum absolute atomic E-state index is 5.92. The lowest BCUT2D eigenvalue weighted by atomic mass is 10.1. The van der Waals surface area contributed by atoms with Gasteiger partial charge in [0.15, 0.2) is 5.96 Å². The Morgan fingerprint density at radius 3 is 2.62 bits per heavy atom. The smallest absolute Gasteiger partial charge is 0.193 e. The van der Waals surface area contributed by atoms with Crippen molar-refractivity contribution in [1.82, 2.24) is 15.1 Å². The summed E-state index contributed by atoms with van der Waals surface area (Å²) in [4.78, 5) is 9.18. The standard InChI is InChI=1S/C18H38N4O2/c1-6-16(2)21(4)13-10-20-18(19-3)22-11-8-17(9-12-22)24-15-7-14-23-5/h16-17H,6-15H2,1-5H3,(H,19,20). The minimum atomic E-state index is 0.382. The fourth-order valence-electron chi connectivity index (χ4n) is 2.90. The van der Waals surface area contributed by atoms with E-state index in [1.165, 1.54) is 6.42 Å². The number of likely N-dealkylation sites (tertiary alicyclic amines) is 1. The van der Waals surface area contributed by atoms with Crippen molar-refractivity contribution in [3.8, 4) is 0 Å². The highest BCUT2D eigenvalue weighted by atomic mass is 16.5. The second-order valence-electron chi connectivity index (χ2n) is 6.62. The zero-order valence-corrected chi connectivity index (χ0v) is 16.4. The molecule has 0 aliphatic carbocycles. The summed E-state index contributed by atoms with van der Waals surface area (Å²) in [5.74, 6) is 1.02. The van der Waals surface area contributed by atoms with E-state index in [9.17, 15) is 0 Å². The van der Waals surface area contributed by atoms with Crippen LogP contribution in [0.4, 0.5) is 0 Å². The number of likely N-dealkylation sites (N-methyl/N-ethyl adjacent to an activating group) is 1. The van der Waals surface area contributed by atoms with Gasteiger partial charge in [0.1, 0.15) is 0 Å². The van der Waals surface area contributed by atoms with E-state index in [-0.39, 0.29) is 0 Å². The number of hydrogen-bond acceptors (Lipinski definition) is 4. The Labute approximate surface area is 148 Å². The van der Waals surface area contributed by atoms with Gasteiger partial charge >= 0.3 is 0 Å². The van der Waals surface area contributed by atoms with Crippen molar-refractivity contribution in [2.75, 3.05) is 60.6 Å². The molecule has 0 aromatic heterocycles. The topological polar surface area (TPSA) is 49.3 Å². The number of aliphatic imine (C=N–C) groups is 1. The molecule has 1 aliphatic heterocycles. The average molecular weight is 343 g/mol. The normalized spacial score (nSPS) is 18.2. The van der Waals surface area contributed by atoms with Crippen LogP contribution >= 0.6 is 0 Å². The molecule has 142 valence electrons. The van der Waals surface area contributed by atoms with Gasteiger partial charge in [0.25, 0.3) is 0 Å². The fourth-order valence-corrected chi connectivity index (χ4v) is 2.90. The average Bonchev–Trinajstić information content (AvgIpc) is 2.62. The van der Waals surface area contributed by atoms with Crippen LogP contribution in [0, 0.1) is 0 Å². The molecule has 6 heteroatoms. The number of hydrogen-bond donors (Lipinski definition) is 1. The van der Waals surface area contributed by atoms with Gasteiger partial charge in [0.2, 0.25) is 0 Å². The van der Waals surface area contributed by atoms with Crippen molar-refractivity contribution in [2.24, 2.45) is 4.99 Å². The molecule has 0 saturated carbocycles. The molecule has 1 unspecified atom stereocenters. The summed E-state index contributed by atoms with van der Waals surface area (Å²) in [5, 5.41) is 3.50. The molecule has 1 rings (SSSR count). The number of rotatable bonds is 10. The lowest BCUT2D eigenvalue weighted by Crippen LogP contribution is -2.48. The van der Waals surface area contributed by atoms with Gasteiger partial charge in [0, 0.05) is 59.6 Å². The van der Waals surface area contributed by atoms with E-state index in [1.54, 1.807) is 7.11 Å². The van der Waals surface area contributed by atoms with Crippen molar-refractivity contribution in [3.05, 3.63) is 0 Å². The maximum atomic E-state index is 5.92. The Bertz CT molecular complexity index is 344. The highest BCUT2D eigenvalue weighted by Gasteiger charge is 2.21. The van der Waals surface area contributed by atoms with Crippen LogP contribution in [0.2, 0.25) is 0 Å². The first kappa shape index (κ1) is 21.2. The van der Waals surface area contributed by atoms with Crippen LogP contribution in [0.1, 0.15) is 39.5 Å². The molecule has 1 heterocycles. The third-order valence-corrected chi connectivity index (χ3v) is 4.89. The second kappa shape index (κ2) is 12.5. The summed E-state index contributed by atoms with van der Waals surface area (Å²) >= 11 is 0. The summed E-state index contributed by atoms with van der Waals surface area (Å²) < 4.78 is 11.0. The van der Waals surface area contributed by atoms with Gasteiger partial charge < -0.3 is 24.6 Å². The number of nitrogens with one attached hydrogen (secondary N) is 1. The molecule has 1 saturated heterocycles. The van der Waals surface area contributed by atoms with Gasteiger partial charge in [-0.1, -0.05) is 6.92 Å². The Kier molecular flexibility index (Phi) is 11.0. The number of nitrogens with zero attached hydrogens (tertiary/aromatic N) is 3. The largest absolute Gasteiger partial charge is 0.385 e. The first-order valence-corrected chi connectivity index (χ1v) is 9.38. The minimum absolute atomic E-state index is 0.382. The lowest BCUT2D eigenvalue weighted by molar-refractivity contribution is 0.00989. The lowest BCUT2D eigenvalue weighted by Gasteiger charge is -2.34. The molecule has 24 heavy (non-hydrogen) atoms. The zero-order valence-electron chi connectivity index (χ0n) is 16.4. The van der Waals surface area contributed by atoms with Crippen molar-refractivity contribution in [1.29, 1.82) is 0 Å². The van der Waals surface area contributed by atoms with E-state index in [4.69, 9.17) is 9.47 Å². The van der Waals surface area contributed by atoms with Gasteiger partial charge in [-0.15, -0.1) is 0 Å². The highest BCUT2D eigenvalue weighted by Crippen LogP contribution is 2.14. The molecule has 1 aliphatic rings. The summed E-state index contributed by atoms with van der Waals surface area (Å²) in [6, 6.07) is 0.625. The molecule has 1 atom stereocenters. The molecule has 0 radical (unpaired) electrons. The summed E-state index contributed by atoms with van der Waals surface area (Å²) in [6.07, 6.45) is 4.68. The van der Waals surface area contributed by atoms with Crippen LogP contribution < -0.4 is 5.32 Å². The third kappa shape index (κ3) is 7.81. The third-order valence-electron chi connectivity index (χ3n) is 4.89. The molecule has 1 fully saturated rings. The highest BCUT2D eigenvalue weighted by molar-refractivity contribution is 5.79. The van der Waals surface area contributed by atoms with E-state index >= 15 is 0 Å². The minimum Gasteiger partial charge on any atom is -0.385 e. The first-order valence-electron chi connectivity index (χ1n) is 9.38. The van der Waals surface area contributed by atoms with Crippen LogP contribution in [0.25, 0.3) is 0 Å². The van der Waals surface area contributed by atoms with Crippen molar-refractivity contribution in [2.45, 2.75) is 51.7 Å². The van der Waals surface area contributed by atoms with Crippen molar-refractivity contribution >= 4 is 5.96 Å². The zero-order chi connectivity index (χ0) is 17.8. The Morgan fingerprint density at radius 1 is 1.33 bits per heavy atom. The summed E-state index contributed by atoms with van der Waals surface area (Å²) in [6.45, 7) is 10.1. The number of methoxy groups -OCH3 is 1. The molecule has 6 nitrogen and oxygen atoms in total. The van der Waals surface area contributed by atoms with E-state index in [2.05, 4.69) is 41.0 Å². The van der Waals surface area contributed by atoms with Gasteiger partial charge in [-0.05, 0) is 39.7 Å². The number of piperidine rings is 1. The predicted molar refractivity (Wildman–Crippen MR) is 101 cm³/mol. The van der Waals surface area contributed by atoms with E-state index in [0.717, 1.165) is 64.6 Å². The van der Waals surface area contributed by atoms with Crippen LogP contribution in [0.5, 0.6) is 0 Å². The predicted octanol–water partition coefficient (Wildman–Crippen LogP) is 1.81. The molecule has 1 N–H and O–H groups in total. The fraction of sp³-hybridized carbons (Fsp3) is 0.944. The summed E-state index contributed by atoms with van der Waals surface area (Å²) in [5.41, 5.74) is 0. The van der Waals surface area contributed by atoms with E-state index < -0.39 is 0 Å². The molecule has 0 amide bonds. The molecule has 0 aromatic rings. The molecule has 0 aromatic carbocycles. The summed E-state index contributed by atoms with van der Waals surface area (Å²) in [7, 11) is 5.79. The molecule has 0 spiro atoms. The van der Waals surface area contributed by atoms with E-state index in [0.29, 0.717) is 12.1 Å². The monoisotopic (exact) mass is 342 g/mol. The quantitative estimate of drug-likeness (QED) is 0.373. The number of guanidine groups is 1. The van der Waals surface area contributed by atoms with Crippen LogP contribution in [0.15, 0.2) is 4.99 Å². The SMILES string of the molecule is CCC(C)N(C)CCNC(=NC)N1CCC(OCCCOC)CC1. The Morgan fingerprint density at radius 2 is 2.04 bits per heavy atom. The van der Waals surface area contributed by atoms with E-state index in [1.807, 2.05) is 7.05 Å². The van der Waals surface area contributed by atoms with Gasteiger partial charge in [-0.3, -0.25) is 4.99 Å². The molecule has 0 bridgehead atoms.